The van der Waals surface area contributed by atoms with Gasteiger partial charge in [-0.15, -0.1) is 0 Å². The maximum absolute atomic E-state index is 13.8. The number of amides is 2. The smallest absolute Gasteiger partial charge is 0.278 e. The third-order valence-electron chi connectivity index (χ3n) is 6.34. The van der Waals surface area contributed by atoms with Gasteiger partial charge in [0.25, 0.3) is 11.8 Å². The average molecular weight is 403 g/mol. The number of hydrogen-bond donors (Lipinski definition) is 0. The summed E-state index contributed by atoms with van der Waals surface area (Å²) in [6.07, 6.45) is 5.14. The molecule has 2 aromatic rings. The minimum absolute atomic E-state index is 0.00600. The van der Waals surface area contributed by atoms with Crippen molar-refractivity contribution in [3.05, 3.63) is 70.9 Å². The lowest BCUT2D eigenvalue weighted by Crippen LogP contribution is -2.43. The molecule has 1 aliphatic heterocycles. The van der Waals surface area contributed by atoms with Crippen molar-refractivity contribution in [1.82, 2.24) is 4.90 Å². The van der Waals surface area contributed by atoms with Crippen molar-refractivity contribution in [2.75, 3.05) is 11.4 Å². The molecule has 1 saturated carbocycles. The van der Waals surface area contributed by atoms with Crippen LogP contribution in [-0.2, 0) is 9.59 Å². The van der Waals surface area contributed by atoms with E-state index in [9.17, 15) is 9.59 Å². The first-order valence-electron chi connectivity index (χ1n) is 11.0. The highest BCUT2D eigenvalue weighted by molar-refractivity contribution is 6.37. The van der Waals surface area contributed by atoms with Crippen LogP contribution in [0.2, 0.25) is 0 Å². The first kappa shape index (κ1) is 20.4. The van der Waals surface area contributed by atoms with Crippen LogP contribution in [0.15, 0.2) is 54.2 Å². The summed E-state index contributed by atoms with van der Waals surface area (Å²) < 4.78 is 0. The van der Waals surface area contributed by atoms with Gasteiger partial charge in [0.2, 0.25) is 0 Å². The molecule has 0 atom stereocenters. The third-order valence-corrected chi connectivity index (χ3v) is 6.34. The fourth-order valence-corrected chi connectivity index (χ4v) is 4.87. The molecular formula is C26H30N2O2. The number of anilines is 1. The fraction of sp³-hybridized carbons (Fsp3) is 0.385. The minimum Gasteiger partial charge on any atom is -0.337 e. The molecule has 2 aromatic carbocycles. The van der Waals surface area contributed by atoms with E-state index in [1.807, 2.05) is 68.1 Å². The van der Waals surface area contributed by atoms with Crippen LogP contribution in [0.4, 0.5) is 5.69 Å². The second-order valence-electron chi connectivity index (χ2n) is 8.39. The minimum atomic E-state index is -0.146. The largest absolute Gasteiger partial charge is 0.337 e. The summed E-state index contributed by atoms with van der Waals surface area (Å²) in [6.45, 7) is 6.71. The van der Waals surface area contributed by atoms with Gasteiger partial charge < -0.3 is 4.90 Å². The Morgan fingerprint density at radius 3 is 2.27 bits per heavy atom. The molecule has 4 rings (SSSR count). The average Bonchev–Trinajstić information content (AvgIpc) is 3.00. The SMILES string of the molecule is CCN(C1=C(c2ccc(C)cc2C)C(=O)N(C2CCCCC2)C1=O)c1ccccc1. The van der Waals surface area contributed by atoms with Crippen LogP contribution in [0.1, 0.15) is 55.7 Å². The molecule has 0 unspecified atom stereocenters. The van der Waals surface area contributed by atoms with E-state index >= 15 is 0 Å². The number of imide groups is 1. The highest BCUT2D eigenvalue weighted by Crippen LogP contribution is 2.38. The molecule has 0 spiro atoms. The van der Waals surface area contributed by atoms with Crippen LogP contribution in [0.3, 0.4) is 0 Å². The van der Waals surface area contributed by atoms with Gasteiger partial charge in [-0.2, -0.15) is 0 Å². The molecule has 156 valence electrons. The lowest BCUT2D eigenvalue weighted by molar-refractivity contribution is -0.140. The van der Waals surface area contributed by atoms with Crippen LogP contribution in [0.5, 0.6) is 0 Å². The standard InChI is InChI=1S/C26H30N2O2/c1-4-27(20-11-7-5-8-12-20)24-23(22-16-15-18(2)17-19(22)3)25(29)28(26(24)30)21-13-9-6-10-14-21/h5,7-8,11-12,15-17,21H,4,6,9-10,13-14H2,1-3H3. The zero-order valence-electron chi connectivity index (χ0n) is 18.1. The number of carbonyl (C=O) groups is 2. The Kier molecular flexibility index (Phi) is 5.76. The molecule has 0 bridgehead atoms. The van der Waals surface area contributed by atoms with E-state index in [2.05, 4.69) is 6.07 Å². The summed E-state index contributed by atoms with van der Waals surface area (Å²) in [5.41, 5.74) is 5.04. The quantitative estimate of drug-likeness (QED) is 0.642. The molecular weight excluding hydrogens is 372 g/mol. The summed E-state index contributed by atoms with van der Waals surface area (Å²) in [6, 6.07) is 16.0. The molecule has 4 heteroatoms. The lowest BCUT2D eigenvalue weighted by atomic mass is 9.94. The van der Waals surface area contributed by atoms with E-state index in [4.69, 9.17) is 0 Å². The fourth-order valence-electron chi connectivity index (χ4n) is 4.87. The molecule has 0 aromatic heterocycles. The number of nitrogens with zero attached hydrogens (tertiary/aromatic N) is 2. The van der Waals surface area contributed by atoms with Crippen molar-refractivity contribution >= 4 is 23.1 Å². The van der Waals surface area contributed by atoms with Gasteiger partial charge in [0.15, 0.2) is 0 Å². The first-order chi connectivity index (χ1) is 14.5. The molecule has 2 amide bonds. The van der Waals surface area contributed by atoms with Crippen LogP contribution < -0.4 is 4.90 Å². The predicted molar refractivity (Wildman–Crippen MR) is 121 cm³/mol. The van der Waals surface area contributed by atoms with E-state index in [0.29, 0.717) is 17.8 Å². The summed E-state index contributed by atoms with van der Waals surface area (Å²) in [7, 11) is 0. The van der Waals surface area contributed by atoms with E-state index < -0.39 is 0 Å². The Morgan fingerprint density at radius 2 is 1.63 bits per heavy atom. The summed E-state index contributed by atoms with van der Waals surface area (Å²) in [4.78, 5) is 31.1. The highest BCUT2D eigenvalue weighted by atomic mass is 16.2. The predicted octanol–water partition coefficient (Wildman–Crippen LogP) is 5.24. The maximum Gasteiger partial charge on any atom is 0.278 e. The number of rotatable bonds is 5. The molecule has 4 nitrogen and oxygen atoms in total. The zero-order valence-corrected chi connectivity index (χ0v) is 18.1. The molecule has 1 fully saturated rings. The molecule has 0 radical (unpaired) electrons. The molecule has 0 N–H and O–H groups in total. The number of aryl methyl sites for hydroxylation is 2. The van der Waals surface area contributed by atoms with Gasteiger partial charge in [0, 0.05) is 18.3 Å². The number of hydrogen-bond acceptors (Lipinski definition) is 3. The van der Waals surface area contributed by atoms with E-state index in [1.54, 1.807) is 4.90 Å². The van der Waals surface area contributed by atoms with Crippen LogP contribution in [0, 0.1) is 13.8 Å². The number of carbonyl (C=O) groups excluding carboxylic acids is 2. The third kappa shape index (κ3) is 3.55. The van der Waals surface area contributed by atoms with Crippen molar-refractivity contribution in [3.8, 4) is 0 Å². The van der Waals surface area contributed by atoms with Gasteiger partial charge in [-0.1, -0.05) is 61.2 Å². The Hall–Kier alpha value is -2.88. The maximum atomic E-state index is 13.8. The van der Waals surface area contributed by atoms with Gasteiger partial charge >= 0.3 is 0 Å². The number of para-hydroxylation sites is 1. The number of benzene rings is 2. The van der Waals surface area contributed by atoms with Crippen molar-refractivity contribution < 1.29 is 9.59 Å². The Bertz CT molecular complexity index is 987. The zero-order chi connectivity index (χ0) is 21.3. The summed E-state index contributed by atoms with van der Waals surface area (Å²) >= 11 is 0. The molecule has 1 aliphatic carbocycles. The summed E-state index contributed by atoms with van der Waals surface area (Å²) in [5.74, 6) is -0.282. The van der Waals surface area contributed by atoms with Gasteiger partial charge in [0.05, 0.1) is 5.57 Å². The van der Waals surface area contributed by atoms with Crippen LogP contribution >= 0.6 is 0 Å². The Morgan fingerprint density at radius 1 is 0.933 bits per heavy atom. The van der Waals surface area contributed by atoms with Crippen molar-refractivity contribution in [2.45, 2.75) is 58.9 Å². The molecule has 1 heterocycles. The Balaban J connectivity index is 1.87. The topological polar surface area (TPSA) is 40.6 Å². The summed E-state index contributed by atoms with van der Waals surface area (Å²) in [5, 5.41) is 0. The highest BCUT2D eigenvalue weighted by Gasteiger charge is 2.45. The Labute approximate surface area is 179 Å². The van der Waals surface area contributed by atoms with Gasteiger partial charge in [-0.3, -0.25) is 14.5 Å². The van der Waals surface area contributed by atoms with Gasteiger partial charge in [-0.05, 0) is 56.9 Å². The van der Waals surface area contributed by atoms with Crippen molar-refractivity contribution in [2.24, 2.45) is 0 Å². The monoisotopic (exact) mass is 402 g/mol. The van der Waals surface area contributed by atoms with E-state index in [1.165, 1.54) is 6.42 Å². The second kappa shape index (κ2) is 8.47. The second-order valence-corrected chi connectivity index (χ2v) is 8.39. The van der Waals surface area contributed by atoms with Crippen molar-refractivity contribution in [3.63, 3.8) is 0 Å². The lowest BCUT2D eigenvalue weighted by Gasteiger charge is -2.31. The van der Waals surface area contributed by atoms with Gasteiger partial charge in [0.1, 0.15) is 5.70 Å². The van der Waals surface area contributed by atoms with Crippen LogP contribution in [-0.4, -0.2) is 29.3 Å². The molecule has 0 saturated heterocycles. The van der Waals surface area contributed by atoms with Crippen LogP contribution in [0.25, 0.3) is 5.57 Å². The first-order valence-corrected chi connectivity index (χ1v) is 11.0. The van der Waals surface area contributed by atoms with Crippen molar-refractivity contribution in [1.29, 1.82) is 0 Å². The number of likely N-dealkylation sites (N-methyl/N-ethyl adjacent to an activating group) is 1. The molecule has 30 heavy (non-hydrogen) atoms. The normalized spacial score (nSPS) is 17.8. The van der Waals surface area contributed by atoms with Gasteiger partial charge in [-0.25, -0.2) is 0 Å². The van der Waals surface area contributed by atoms with E-state index in [0.717, 1.165) is 48.1 Å². The molecule has 2 aliphatic rings. The van der Waals surface area contributed by atoms with E-state index in [-0.39, 0.29) is 17.9 Å².